The zero-order chi connectivity index (χ0) is 15.1. The third-order valence-electron chi connectivity index (χ3n) is 4.24. The Labute approximate surface area is 140 Å². The van der Waals surface area contributed by atoms with Crippen LogP contribution in [-0.2, 0) is 11.2 Å². The van der Waals surface area contributed by atoms with Gasteiger partial charge < -0.3 is 10.6 Å². The number of carbonyl (C=O) groups is 1. The van der Waals surface area contributed by atoms with Crippen molar-refractivity contribution in [2.45, 2.75) is 38.5 Å². The Bertz CT molecular complexity index is 466. The van der Waals surface area contributed by atoms with Crippen molar-refractivity contribution in [2.24, 2.45) is 5.92 Å². The smallest absolute Gasteiger partial charge is 0.227 e. The van der Waals surface area contributed by atoms with E-state index >= 15 is 0 Å². The number of rotatable bonds is 6. The molecule has 2 rings (SSSR count). The van der Waals surface area contributed by atoms with Crippen molar-refractivity contribution in [3.8, 4) is 0 Å². The van der Waals surface area contributed by atoms with Crippen LogP contribution in [0.2, 0.25) is 0 Å². The summed E-state index contributed by atoms with van der Waals surface area (Å²) in [7, 11) is 0. The van der Waals surface area contributed by atoms with Crippen LogP contribution in [0.4, 0.5) is 5.69 Å². The molecule has 1 saturated carbocycles. The number of nitrogens with two attached hydrogens (primary N) is 1. The summed E-state index contributed by atoms with van der Waals surface area (Å²) in [4.78, 5) is 14.5. The maximum absolute atomic E-state index is 12.5. The zero-order valence-corrected chi connectivity index (χ0v) is 14.0. The first-order valence-corrected chi connectivity index (χ1v) is 7.92. The highest BCUT2D eigenvalue weighted by molar-refractivity contribution is 5.85. The van der Waals surface area contributed by atoms with Crippen molar-refractivity contribution in [2.75, 3.05) is 18.8 Å². The summed E-state index contributed by atoms with van der Waals surface area (Å²) in [5.41, 5.74) is 7.43. The molecule has 2 N–H and O–H groups in total. The first kappa shape index (κ1) is 18.6. The van der Waals surface area contributed by atoms with Crippen LogP contribution in [0.1, 0.15) is 37.7 Å². The third kappa shape index (κ3) is 5.72. The van der Waals surface area contributed by atoms with Crippen molar-refractivity contribution in [3.63, 3.8) is 0 Å². The monoisotopic (exact) mass is 322 g/mol. The molecular formula is C18H27ClN2O. The summed E-state index contributed by atoms with van der Waals surface area (Å²) in [5.74, 6) is 0.847. The van der Waals surface area contributed by atoms with E-state index < -0.39 is 0 Å². The average molecular weight is 323 g/mol. The quantitative estimate of drug-likeness (QED) is 0.639. The van der Waals surface area contributed by atoms with Crippen LogP contribution >= 0.6 is 12.4 Å². The molecule has 4 heteroatoms. The van der Waals surface area contributed by atoms with E-state index in [4.69, 9.17) is 5.73 Å². The number of carbonyl (C=O) groups excluding carboxylic acids is 1. The Morgan fingerprint density at radius 2 is 1.86 bits per heavy atom. The molecule has 1 aromatic carbocycles. The van der Waals surface area contributed by atoms with Gasteiger partial charge in [-0.1, -0.05) is 37.5 Å². The maximum Gasteiger partial charge on any atom is 0.227 e. The molecule has 1 aliphatic rings. The molecular weight excluding hydrogens is 296 g/mol. The van der Waals surface area contributed by atoms with E-state index in [1.54, 1.807) is 0 Å². The third-order valence-corrected chi connectivity index (χ3v) is 4.24. The summed E-state index contributed by atoms with van der Waals surface area (Å²) in [6.07, 6.45) is 8.73. The second-order valence-electron chi connectivity index (χ2n) is 6.01. The van der Waals surface area contributed by atoms with Crippen molar-refractivity contribution < 1.29 is 4.79 Å². The molecule has 0 heterocycles. The minimum absolute atomic E-state index is 0. The molecule has 1 aliphatic carbocycles. The molecule has 3 nitrogen and oxygen atoms in total. The summed E-state index contributed by atoms with van der Waals surface area (Å²) in [6, 6.07) is 7.56. The summed E-state index contributed by atoms with van der Waals surface area (Å²) < 4.78 is 0. The van der Waals surface area contributed by atoms with E-state index in [2.05, 4.69) is 6.58 Å². The van der Waals surface area contributed by atoms with Gasteiger partial charge in [-0.15, -0.1) is 19.0 Å². The fourth-order valence-corrected chi connectivity index (χ4v) is 3.04. The Kier molecular flexibility index (Phi) is 8.03. The Morgan fingerprint density at radius 1 is 1.23 bits per heavy atom. The average Bonchev–Trinajstić information content (AvgIpc) is 2.50. The summed E-state index contributed by atoms with van der Waals surface area (Å²) in [5, 5.41) is 0. The molecule has 1 amide bonds. The molecule has 0 atom stereocenters. The van der Waals surface area contributed by atoms with Gasteiger partial charge in [0, 0.05) is 18.8 Å². The number of nitrogens with zero attached hydrogens (tertiary/aromatic N) is 1. The number of nitrogen functional groups attached to an aromatic ring is 1. The van der Waals surface area contributed by atoms with E-state index in [1.165, 1.54) is 32.1 Å². The van der Waals surface area contributed by atoms with Gasteiger partial charge in [-0.2, -0.15) is 0 Å². The Balaban J connectivity index is 0.00000242. The van der Waals surface area contributed by atoms with E-state index in [9.17, 15) is 4.79 Å². The molecule has 0 unspecified atom stereocenters. The molecule has 122 valence electrons. The summed E-state index contributed by atoms with van der Waals surface area (Å²) in [6.45, 7) is 5.30. The number of halogens is 1. The fourth-order valence-electron chi connectivity index (χ4n) is 3.04. The highest BCUT2D eigenvalue weighted by atomic mass is 35.5. The van der Waals surface area contributed by atoms with Gasteiger partial charge >= 0.3 is 0 Å². The SMILES string of the molecule is C=CCN(CC1CCCCC1)C(=O)Cc1ccc(N)cc1.Cl. The topological polar surface area (TPSA) is 46.3 Å². The Morgan fingerprint density at radius 3 is 2.45 bits per heavy atom. The fraction of sp³-hybridized carbons (Fsp3) is 0.500. The van der Waals surface area contributed by atoms with E-state index in [-0.39, 0.29) is 18.3 Å². The highest BCUT2D eigenvalue weighted by Gasteiger charge is 2.20. The lowest BCUT2D eigenvalue weighted by molar-refractivity contribution is -0.130. The van der Waals surface area contributed by atoms with E-state index in [1.807, 2.05) is 35.2 Å². The van der Waals surface area contributed by atoms with Crippen molar-refractivity contribution >= 4 is 24.0 Å². The molecule has 1 aromatic rings. The minimum Gasteiger partial charge on any atom is -0.399 e. The van der Waals surface area contributed by atoms with Crippen molar-refractivity contribution in [1.29, 1.82) is 0 Å². The lowest BCUT2D eigenvalue weighted by atomic mass is 9.89. The van der Waals surface area contributed by atoms with Gasteiger partial charge in [-0.25, -0.2) is 0 Å². The molecule has 0 aliphatic heterocycles. The lowest BCUT2D eigenvalue weighted by Gasteiger charge is -2.29. The van der Waals surface area contributed by atoms with Gasteiger partial charge in [-0.3, -0.25) is 4.79 Å². The van der Waals surface area contributed by atoms with Crippen LogP contribution in [0, 0.1) is 5.92 Å². The zero-order valence-electron chi connectivity index (χ0n) is 13.2. The summed E-state index contributed by atoms with van der Waals surface area (Å²) >= 11 is 0. The molecule has 0 saturated heterocycles. The molecule has 0 radical (unpaired) electrons. The maximum atomic E-state index is 12.5. The van der Waals surface area contributed by atoms with Crippen LogP contribution in [0.5, 0.6) is 0 Å². The molecule has 0 aromatic heterocycles. The number of hydrogen-bond acceptors (Lipinski definition) is 2. The van der Waals surface area contributed by atoms with Gasteiger partial charge in [0.15, 0.2) is 0 Å². The van der Waals surface area contributed by atoms with Crippen LogP contribution in [-0.4, -0.2) is 23.9 Å². The standard InChI is InChI=1S/C18H26N2O.ClH/c1-2-12-20(14-16-6-4-3-5-7-16)18(21)13-15-8-10-17(19)11-9-15;/h2,8-11,16H,1,3-7,12-14,19H2;1H. The predicted molar refractivity (Wildman–Crippen MR) is 95.2 cm³/mol. The number of benzene rings is 1. The second-order valence-corrected chi connectivity index (χ2v) is 6.01. The van der Waals surface area contributed by atoms with E-state index in [0.29, 0.717) is 18.9 Å². The van der Waals surface area contributed by atoms with Gasteiger partial charge in [0.2, 0.25) is 5.91 Å². The van der Waals surface area contributed by atoms with Crippen molar-refractivity contribution in [1.82, 2.24) is 4.90 Å². The second kappa shape index (κ2) is 9.52. The predicted octanol–water partition coefficient (Wildman–Crippen LogP) is 3.83. The molecule has 22 heavy (non-hydrogen) atoms. The van der Waals surface area contributed by atoms with E-state index in [0.717, 1.165) is 17.8 Å². The minimum atomic E-state index is 0. The van der Waals surface area contributed by atoms with Gasteiger partial charge in [0.1, 0.15) is 0 Å². The highest BCUT2D eigenvalue weighted by Crippen LogP contribution is 2.24. The van der Waals surface area contributed by atoms with Crippen molar-refractivity contribution in [3.05, 3.63) is 42.5 Å². The number of amides is 1. The van der Waals surface area contributed by atoms with Gasteiger partial charge in [0.25, 0.3) is 0 Å². The first-order valence-electron chi connectivity index (χ1n) is 7.92. The molecule has 0 spiro atoms. The Hall–Kier alpha value is -1.48. The number of anilines is 1. The van der Waals surface area contributed by atoms with Crippen LogP contribution in [0.15, 0.2) is 36.9 Å². The number of hydrogen-bond donors (Lipinski definition) is 1. The van der Waals surface area contributed by atoms with Crippen LogP contribution in [0.3, 0.4) is 0 Å². The lowest BCUT2D eigenvalue weighted by Crippen LogP contribution is -2.37. The normalized spacial score (nSPS) is 14.9. The van der Waals surface area contributed by atoms with Gasteiger partial charge in [-0.05, 0) is 36.5 Å². The van der Waals surface area contributed by atoms with Crippen LogP contribution in [0.25, 0.3) is 0 Å². The molecule has 0 bridgehead atoms. The van der Waals surface area contributed by atoms with Gasteiger partial charge in [0.05, 0.1) is 6.42 Å². The molecule has 1 fully saturated rings. The largest absolute Gasteiger partial charge is 0.399 e. The first-order chi connectivity index (χ1) is 10.2. The van der Waals surface area contributed by atoms with Crippen LogP contribution < -0.4 is 5.73 Å².